The van der Waals surface area contributed by atoms with Gasteiger partial charge in [0.1, 0.15) is 0 Å². The van der Waals surface area contributed by atoms with Crippen LogP contribution in [0.15, 0.2) is 36.4 Å². The normalized spacial score (nSPS) is 12.7. The van der Waals surface area contributed by atoms with E-state index in [1.165, 1.54) is 11.1 Å². The third kappa shape index (κ3) is 5.05. The first-order valence-corrected chi connectivity index (χ1v) is 10.7. The molecule has 0 bridgehead atoms. The summed E-state index contributed by atoms with van der Waals surface area (Å²) in [5.74, 6) is 3.47. The van der Waals surface area contributed by atoms with Gasteiger partial charge >= 0.3 is 0 Å². The molecular weight excluding hydrogens is 534 g/mol. The Morgan fingerprint density at radius 1 is 0.667 bits per heavy atom. The van der Waals surface area contributed by atoms with E-state index in [0.717, 1.165) is 31.9 Å². The van der Waals surface area contributed by atoms with Crippen LogP contribution in [0.4, 0.5) is 0 Å². The summed E-state index contributed by atoms with van der Waals surface area (Å²) in [6.07, 6.45) is 0. The Labute approximate surface area is 170 Å². The van der Waals surface area contributed by atoms with E-state index in [2.05, 4.69) is 57.3 Å². The lowest BCUT2D eigenvalue weighted by Crippen LogP contribution is -1.92. The summed E-state index contributed by atoms with van der Waals surface area (Å²) in [5, 5.41) is 0. The maximum Gasteiger partial charge on any atom is 0.231 e. The van der Waals surface area contributed by atoms with Crippen LogP contribution in [0.25, 0.3) is 0 Å². The van der Waals surface area contributed by atoms with E-state index in [1.807, 2.05) is 38.1 Å². The summed E-state index contributed by atoms with van der Waals surface area (Å²) < 4.78 is 22.8. The van der Waals surface area contributed by atoms with Crippen molar-refractivity contribution < 1.29 is 18.9 Å². The Bertz CT molecular complexity index is 604. The molecule has 24 heavy (non-hydrogen) atoms. The van der Waals surface area contributed by atoms with Crippen LogP contribution in [-0.2, 0) is 8.86 Å². The first-order chi connectivity index (χ1) is 11.8. The Morgan fingerprint density at radius 2 is 1.04 bits per heavy atom. The van der Waals surface area contributed by atoms with Crippen LogP contribution in [-0.4, -0.2) is 13.6 Å². The highest BCUT2D eigenvalue weighted by Crippen LogP contribution is 2.33. The molecule has 0 spiro atoms. The monoisotopic (exact) mass is 554 g/mol. The molecule has 0 fully saturated rings. The largest absolute Gasteiger partial charge is 0.454 e. The van der Waals surface area contributed by atoms with Gasteiger partial charge in [0, 0.05) is 8.86 Å². The average molecular weight is 554 g/mol. The maximum absolute atomic E-state index is 5.22. The molecule has 2 aromatic carbocycles. The molecule has 0 N–H and O–H groups in total. The maximum atomic E-state index is 5.22. The molecule has 0 saturated carbocycles. The average Bonchev–Trinajstić information content (AvgIpc) is 3.31. The Kier molecular flexibility index (Phi) is 8.23. The lowest BCUT2D eigenvalue weighted by Gasteiger charge is -1.97. The molecule has 2 aliphatic heterocycles. The summed E-state index contributed by atoms with van der Waals surface area (Å²) in [7, 11) is 0. The second-order valence-corrected chi connectivity index (χ2v) is 6.17. The van der Waals surface area contributed by atoms with E-state index in [1.54, 1.807) is 0 Å². The highest BCUT2D eigenvalue weighted by molar-refractivity contribution is 14.1. The molecule has 0 aromatic heterocycles. The molecule has 0 radical (unpaired) electrons. The Hall–Kier alpha value is -0.900. The smallest absolute Gasteiger partial charge is 0.231 e. The number of hydrogen-bond donors (Lipinski definition) is 0. The molecule has 2 aromatic rings. The van der Waals surface area contributed by atoms with Crippen molar-refractivity contribution in [1.82, 2.24) is 0 Å². The molecule has 0 atom stereocenters. The van der Waals surface area contributed by atoms with Crippen LogP contribution in [0, 0.1) is 0 Å². The van der Waals surface area contributed by atoms with Crippen molar-refractivity contribution in [2.75, 3.05) is 13.6 Å². The summed E-state index contributed by atoms with van der Waals surface area (Å²) in [6.45, 7) is 4.72. The fourth-order valence-corrected chi connectivity index (χ4v) is 3.00. The molecular formula is C18H20I2O4. The van der Waals surface area contributed by atoms with Crippen LogP contribution in [0.3, 0.4) is 0 Å². The summed E-state index contributed by atoms with van der Waals surface area (Å²) >= 11 is 4.64. The number of rotatable bonds is 2. The summed E-state index contributed by atoms with van der Waals surface area (Å²) in [4.78, 5) is 0. The standard InChI is InChI=1S/2C8H7IO2.C2H6/c2*9-4-6-1-2-7-8(3-6)11-5-10-7;1-2/h2*1-3H,4-5H2;1-2H3. The third-order valence-corrected chi connectivity index (χ3v) is 4.94. The van der Waals surface area contributed by atoms with Crippen LogP contribution >= 0.6 is 45.2 Å². The zero-order chi connectivity index (χ0) is 17.4. The van der Waals surface area contributed by atoms with Gasteiger partial charge < -0.3 is 18.9 Å². The highest BCUT2D eigenvalue weighted by atomic mass is 127. The first kappa shape index (κ1) is 19.4. The second-order valence-electron chi connectivity index (χ2n) is 4.64. The van der Waals surface area contributed by atoms with Gasteiger partial charge in [0.25, 0.3) is 0 Å². The van der Waals surface area contributed by atoms with E-state index in [9.17, 15) is 0 Å². The van der Waals surface area contributed by atoms with E-state index >= 15 is 0 Å². The quantitative estimate of drug-likeness (QED) is 0.352. The van der Waals surface area contributed by atoms with Gasteiger partial charge in [0.05, 0.1) is 0 Å². The number of alkyl halides is 2. The van der Waals surface area contributed by atoms with Crippen molar-refractivity contribution in [2.24, 2.45) is 0 Å². The SMILES string of the molecule is CC.ICc1ccc2c(c1)OCO2.ICc1ccc2c(c1)OCO2. The van der Waals surface area contributed by atoms with E-state index in [0.29, 0.717) is 13.6 Å². The van der Waals surface area contributed by atoms with Crippen molar-refractivity contribution in [2.45, 2.75) is 22.7 Å². The van der Waals surface area contributed by atoms with Gasteiger partial charge in [-0.25, -0.2) is 0 Å². The van der Waals surface area contributed by atoms with Crippen LogP contribution in [0.2, 0.25) is 0 Å². The summed E-state index contributed by atoms with van der Waals surface area (Å²) in [5.41, 5.74) is 2.55. The van der Waals surface area contributed by atoms with E-state index in [4.69, 9.17) is 18.9 Å². The number of hydrogen-bond acceptors (Lipinski definition) is 4. The lowest BCUT2D eigenvalue weighted by atomic mass is 10.2. The molecule has 4 rings (SSSR count). The van der Waals surface area contributed by atoms with Gasteiger partial charge in [-0.05, 0) is 35.4 Å². The zero-order valence-electron chi connectivity index (χ0n) is 13.7. The van der Waals surface area contributed by atoms with Crippen LogP contribution in [0.1, 0.15) is 25.0 Å². The van der Waals surface area contributed by atoms with Crippen molar-refractivity contribution in [3.05, 3.63) is 47.5 Å². The number of fused-ring (bicyclic) bond motifs is 2. The van der Waals surface area contributed by atoms with Crippen molar-refractivity contribution >= 4 is 45.2 Å². The second kappa shape index (κ2) is 10.2. The van der Waals surface area contributed by atoms with Crippen LogP contribution < -0.4 is 18.9 Å². The third-order valence-electron chi connectivity index (χ3n) is 3.18. The molecule has 0 amide bonds. The van der Waals surface area contributed by atoms with E-state index in [-0.39, 0.29) is 0 Å². The number of halogens is 2. The van der Waals surface area contributed by atoms with E-state index < -0.39 is 0 Å². The predicted molar refractivity (Wildman–Crippen MR) is 112 cm³/mol. The topological polar surface area (TPSA) is 36.9 Å². The molecule has 0 saturated heterocycles. The predicted octanol–water partition coefficient (Wildman–Crippen LogP) is 5.73. The Morgan fingerprint density at radius 3 is 1.42 bits per heavy atom. The van der Waals surface area contributed by atoms with Gasteiger partial charge in [-0.3, -0.25) is 0 Å². The van der Waals surface area contributed by atoms with Crippen molar-refractivity contribution in [1.29, 1.82) is 0 Å². The zero-order valence-corrected chi connectivity index (χ0v) is 18.0. The van der Waals surface area contributed by atoms with Gasteiger partial charge in [0.15, 0.2) is 23.0 Å². The number of ether oxygens (including phenoxy) is 4. The molecule has 6 heteroatoms. The molecule has 2 aliphatic rings. The van der Waals surface area contributed by atoms with Gasteiger partial charge in [-0.2, -0.15) is 0 Å². The fourth-order valence-electron chi connectivity index (χ4n) is 2.05. The highest BCUT2D eigenvalue weighted by Gasteiger charge is 2.13. The Balaban J connectivity index is 0.000000158. The molecule has 4 nitrogen and oxygen atoms in total. The fraction of sp³-hybridized carbons (Fsp3) is 0.333. The summed E-state index contributed by atoms with van der Waals surface area (Å²) in [6, 6.07) is 12.1. The molecule has 130 valence electrons. The minimum absolute atomic E-state index is 0.361. The lowest BCUT2D eigenvalue weighted by molar-refractivity contribution is 0.173. The minimum Gasteiger partial charge on any atom is -0.454 e. The van der Waals surface area contributed by atoms with Crippen molar-refractivity contribution in [3.8, 4) is 23.0 Å². The van der Waals surface area contributed by atoms with Gasteiger partial charge in [-0.15, -0.1) is 0 Å². The molecule has 0 aliphatic carbocycles. The van der Waals surface area contributed by atoms with Crippen molar-refractivity contribution in [3.63, 3.8) is 0 Å². The van der Waals surface area contributed by atoms with Gasteiger partial charge in [-0.1, -0.05) is 71.2 Å². The van der Waals surface area contributed by atoms with Crippen LogP contribution in [0.5, 0.6) is 23.0 Å². The first-order valence-electron chi connectivity index (χ1n) is 7.69. The molecule has 2 heterocycles. The number of benzene rings is 2. The van der Waals surface area contributed by atoms with Gasteiger partial charge in [0.2, 0.25) is 13.6 Å². The minimum atomic E-state index is 0.361. The molecule has 0 unspecified atom stereocenters.